The van der Waals surface area contributed by atoms with Crippen molar-refractivity contribution in [3.8, 4) is 0 Å². The summed E-state index contributed by atoms with van der Waals surface area (Å²) < 4.78 is 52.4. The van der Waals surface area contributed by atoms with Crippen LogP contribution in [0, 0.1) is 11.6 Å². The second-order valence-electron chi connectivity index (χ2n) is 5.41. The SMILES string of the molecule is CC(C)c1ccc(S(=O)(=O)[As]c2ccc(F)c(C(N)=O)c2F)cc1. The summed E-state index contributed by atoms with van der Waals surface area (Å²) in [6, 6.07) is 8.24. The fourth-order valence-corrected chi connectivity index (χ4v) is 7.37. The molecule has 0 spiro atoms. The molecule has 0 aliphatic rings. The van der Waals surface area contributed by atoms with E-state index in [1.54, 1.807) is 12.1 Å². The molecule has 0 aliphatic heterocycles. The van der Waals surface area contributed by atoms with E-state index in [1.807, 2.05) is 13.8 Å². The van der Waals surface area contributed by atoms with Crippen LogP contribution >= 0.6 is 0 Å². The van der Waals surface area contributed by atoms with Crippen LogP contribution < -0.4 is 10.1 Å². The average Bonchev–Trinajstić information content (AvgIpc) is 2.50. The molecular formula is C16H15AsF2NO3S. The first-order valence-corrected chi connectivity index (χ1v) is 11.7. The van der Waals surface area contributed by atoms with E-state index >= 15 is 0 Å². The molecule has 0 saturated heterocycles. The fourth-order valence-electron chi connectivity index (χ4n) is 2.04. The molecule has 0 unspecified atom stereocenters. The zero-order valence-corrected chi connectivity index (χ0v) is 15.6. The number of primary amides is 1. The van der Waals surface area contributed by atoms with E-state index in [4.69, 9.17) is 5.73 Å². The standard InChI is InChI=1S/C16H15AsF2NO3S/c1-9(2)10-3-5-11(6-4-10)24(22,23)17-12-7-8-13(18)14(15(12)19)16(20)21/h3-9H,1-2H3,(H2,20,21). The summed E-state index contributed by atoms with van der Waals surface area (Å²) >= 11 is -1.70. The van der Waals surface area contributed by atoms with Crippen molar-refractivity contribution in [3.05, 3.63) is 59.2 Å². The first-order chi connectivity index (χ1) is 11.1. The van der Waals surface area contributed by atoms with E-state index in [1.165, 1.54) is 12.1 Å². The predicted octanol–water partition coefficient (Wildman–Crippen LogP) is 1.91. The van der Waals surface area contributed by atoms with Gasteiger partial charge in [-0.15, -0.1) is 0 Å². The molecule has 127 valence electrons. The number of carbonyl (C=O) groups excluding carboxylic acids is 1. The van der Waals surface area contributed by atoms with Gasteiger partial charge >= 0.3 is 145 Å². The molecule has 0 aliphatic carbocycles. The van der Waals surface area contributed by atoms with Crippen molar-refractivity contribution in [2.75, 3.05) is 0 Å². The van der Waals surface area contributed by atoms with Crippen LogP contribution in [-0.2, 0) is 8.10 Å². The van der Waals surface area contributed by atoms with Crippen molar-refractivity contribution in [2.45, 2.75) is 24.7 Å². The summed E-state index contributed by atoms with van der Waals surface area (Å²) in [7, 11) is -3.75. The van der Waals surface area contributed by atoms with Gasteiger partial charge in [0.1, 0.15) is 0 Å². The third-order valence-corrected chi connectivity index (χ3v) is 9.49. The van der Waals surface area contributed by atoms with Crippen LogP contribution in [0.4, 0.5) is 8.78 Å². The van der Waals surface area contributed by atoms with E-state index in [2.05, 4.69) is 0 Å². The van der Waals surface area contributed by atoms with E-state index in [0.717, 1.165) is 17.7 Å². The van der Waals surface area contributed by atoms with E-state index in [0.29, 0.717) is 0 Å². The third kappa shape index (κ3) is 3.84. The van der Waals surface area contributed by atoms with Gasteiger partial charge in [-0.1, -0.05) is 0 Å². The van der Waals surface area contributed by atoms with E-state index in [9.17, 15) is 22.0 Å². The van der Waals surface area contributed by atoms with E-state index in [-0.39, 0.29) is 15.2 Å². The summed E-state index contributed by atoms with van der Waals surface area (Å²) in [5, 5.41) is 0. The van der Waals surface area contributed by atoms with Crippen molar-refractivity contribution in [3.63, 3.8) is 0 Å². The Hall–Kier alpha value is -1.72. The second kappa shape index (κ2) is 7.03. The Morgan fingerprint density at radius 3 is 2.17 bits per heavy atom. The molecule has 2 rings (SSSR count). The van der Waals surface area contributed by atoms with Gasteiger partial charge in [0.2, 0.25) is 0 Å². The molecule has 0 atom stereocenters. The minimum absolute atomic E-state index is 0.0660. The Labute approximate surface area is 144 Å². The van der Waals surface area contributed by atoms with Gasteiger partial charge in [0.15, 0.2) is 0 Å². The number of carbonyl (C=O) groups is 1. The monoisotopic (exact) mass is 414 g/mol. The number of nitrogens with two attached hydrogens (primary N) is 1. The molecule has 0 bridgehead atoms. The summed E-state index contributed by atoms with van der Waals surface area (Å²) in [4.78, 5) is 11.2. The second-order valence-corrected chi connectivity index (χ2v) is 12.2. The zero-order valence-electron chi connectivity index (χ0n) is 13.0. The number of benzene rings is 2. The molecule has 0 heterocycles. The van der Waals surface area contributed by atoms with Gasteiger partial charge in [-0.25, -0.2) is 0 Å². The van der Waals surface area contributed by atoms with Gasteiger partial charge < -0.3 is 0 Å². The Kier molecular flexibility index (Phi) is 5.45. The minimum atomic E-state index is -3.75. The van der Waals surface area contributed by atoms with Crippen LogP contribution in [-0.4, -0.2) is 28.9 Å². The fraction of sp³-hybridized carbons (Fsp3) is 0.188. The summed E-state index contributed by atoms with van der Waals surface area (Å²) in [6.45, 7) is 3.96. The maximum atomic E-state index is 14.2. The van der Waals surface area contributed by atoms with Crippen LogP contribution in [0.3, 0.4) is 0 Å². The van der Waals surface area contributed by atoms with Crippen LogP contribution in [0.2, 0.25) is 0 Å². The first kappa shape index (κ1) is 18.6. The number of hydrogen-bond donors (Lipinski definition) is 1. The van der Waals surface area contributed by atoms with Gasteiger partial charge in [-0.05, 0) is 0 Å². The van der Waals surface area contributed by atoms with Gasteiger partial charge in [-0.2, -0.15) is 0 Å². The van der Waals surface area contributed by atoms with Gasteiger partial charge in [0.25, 0.3) is 0 Å². The van der Waals surface area contributed by atoms with Crippen molar-refractivity contribution in [2.24, 2.45) is 5.73 Å². The molecule has 2 aromatic rings. The number of halogens is 2. The summed E-state index contributed by atoms with van der Waals surface area (Å²) in [5.41, 5.74) is 5.02. The first-order valence-electron chi connectivity index (χ1n) is 6.99. The molecule has 0 fully saturated rings. The van der Waals surface area contributed by atoms with E-state index < -0.39 is 45.8 Å². The molecule has 2 N–H and O–H groups in total. The van der Waals surface area contributed by atoms with Crippen molar-refractivity contribution in [1.82, 2.24) is 0 Å². The molecule has 1 radical (unpaired) electrons. The molecule has 0 saturated carbocycles. The van der Waals surface area contributed by atoms with Gasteiger partial charge in [0, 0.05) is 0 Å². The molecule has 24 heavy (non-hydrogen) atoms. The Morgan fingerprint density at radius 2 is 1.67 bits per heavy atom. The molecule has 0 aromatic heterocycles. The van der Waals surface area contributed by atoms with Crippen molar-refractivity contribution in [1.29, 1.82) is 0 Å². The van der Waals surface area contributed by atoms with Crippen LogP contribution in [0.15, 0.2) is 41.3 Å². The van der Waals surface area contributed by atoms with Crippen molar-refractivity contribution >= 4 is 33.0 Å². The molecule has 1 amide bonds. The molecule has 8 heteroatoms. The predicted molar refractivity (Wildman–Crippen MR) is 88.0 cm³/mol. The Balaban J connectivity index is 2.39. The van der Waals surface area contributed by atoms with Crippen molar-refractivity contribution < 1.29 is 22.0 Å². The Morgan fingerprint density at radius 1 is 1.08 bits per heavy atom. The Bertz CT molecular complexity index is 881. The normalized spacial score (nSPS) is 12.2. The topological polar surface area (TPSA) is 77.2 Å². The number of rotatable bonds is 5. The van der Waals surface area contributed by atoms with Crippen LogP contribution in [0.1, 0.15) is 35.7 Å². The number of hydrogen-bond acceptors (Lipinski definition) is 3. The molecular weight excluding hydrogens is 399 g/mol. The van der Waals surface area contributed by atoms with Gasteiger partial charge in [-0.3, -0.25) is 0 Å². The molecule has 2 aromatic carbocycles. The maximum absolute atomic E-state index is 14.2. The third-order valence-electron chi connectivity index (χ3n) is 3.38. The zero-order chi connectivity index (χ0) is 18.1. The summed E-state index contributed by atoms with van der Waals surface area (Å²) in [6.07, 6.45) is 0. The number of amides is 1. The molecule has 4 nitrogen and oxygen atoms in total. The van der Waals surface area contributed by atoms with Gasteiger partial charge in [0.05, 0.1) is 0 Å². The quantitative estimate of drug-likeness (QED) is 0.760. The van der Waals surface area contributed by atoms with Crippen LogP contribution in [0.25, 0.3) is 0 Å². The van der Waals surface area contributed by atoms with Crippen LogP contribution in [0.5, 0.6) is 0 Å². The summed E-state index contributed by atoms with van der Waals surface area (Å²) in [5.74, 6) is -3.33. The average molecular weight is 414 g/mol.